The van der Waals surface area contributed by atoms with E-state index in [2.05, 4.69) is 47.1 Å². The second-order valence-corrected chi connectivity index (χ2v) is 8.09. The summed E-state index contributed by atoms with van der Waals surface area (Å²) in [6, 6.07) is 17.5. The van der Waals surface area contributed by atoms with E-state index in [0.29, 0.717) is 37.0 Å². The van der Waals surface area contributed by atoms with Gasteiger partial charge in [0.15, 0.2) is 12.4 Å². The fourth-order valence-corrected chi connectivity index (χ4v) is 3.91. The summed E-state index contributed by atoms with van der Waals surface area (Å²) in [6.07, 6.45) is 0. The van der Waals surface area contributed by atoms with Gasteiger partial charge in [0.1, 0.15) is 5.75 Å². The van der Waals surface area contributed by atoms with E-state index < -0.39 is 0 Å². The van der Waals surface area contributed by atoms with Gasteiger partial charge < -0.3 is 14.5 Å². The van der Waals surface area contributed by atoms with E-state index in [1.165, 1.54) is 11.1 Å². The van der Waals surface area contributed by atoms with Crippen LogP contribution in [0.4, 0.5) is 5.82 Å². The molecule has 0 radical (unpaired) electrons. The third kappa shape index (κ3) is 4.97. The van der Waals surface area contributed by atoms with Crippen LogP contribution >= 0.6 is 11.6 Å². The van der Waals surface area contributed by atoms with E-state index in [9.17, 15) is 4.79 Å². The molecule has 160 valence electrons. The molecule has 0 saturated carbocycles. The summed E-state index contributed by atoms with van der Waals surface area (Å²) in [7, 11) is 0. The summed E-state index contributed by atoms with van der Waals surface area (Å²) in [6.45, 7) is 6.79. The third-order valence-electron chi connectivity index (χ3n) is 5.45. The number of anilines is 1. The molecule has 0 bridgehead atoms. The minimum atomic E-state index is -0.0455. The number of nitrogens with zero attached hydrogens (tertiary/aromatic N) is 4. The average Bonchev–Trinajstić information content (AvgIpc) is 2.79. The number of benzene rings is 2. The van der Waals surface area contributed by atoms with E-state index in [1.807, 2.05) is 29.2 Å². The SMILES string of the molecule is Cc1ccc(-c2ccc(N3CCN(C(=O)COc4ccccc4Cl)CC3)nn2)c(C)c1. The first kappa shape index (κ1) is 21.1. The van der Waals surface area contributed by atoms with Crippen LogP contribution < -0.4 is 9.64 Å². The standard InChI is InChI=1S/C24H25ClN4O2/c1-17-7-8-19(18(2)15-17)21-9-10-23(27-26-21)28-11-13-29(14-12-28)24(30)16-31-22-6-4-3-5-20(22)25/h3-10,15H,11-14,16H2,1-2H3. The first-order chi connectivity index (χ1) is 15.0. The zero-order chi connectivity index (χ0) is 21.8. The van der Waals surface area contributed by atoms with Gasteiger partial charge in [0.2, 0.25) is 0 Å². The lowest BCUT2D eigenvalue weighted by Crippen LogP contribution is -2.50. The molecule has 1 fully saturated rings. The molecule has 1 aliphatic rings. The molecule has 0 N–H and O–H groups in total. The van der Waals surface area contributed by atoms with E-state index in [1.54, 1.807) is 12.1 Å². The zero-order valence-corrected chi connectivity index (χ0v) is 18.5. The summed E-state index contributed by atoms with van der Waals surface area (Å²) < 4.78 is 5.58. The summed E-state index contributed by atoms with van der Waals surface area (Å²) in [5, 5.41) is 9.37. The Bertz CT molecular complexity index is 1060. The molecule has 0 aliphatic carbocycles. The van der Waals surface area contributed by atoms with Crippen LogP contribution in [-0.2, 0) is 4.79 Å². The van der Waals surface area contributed by atoms with Crippen molar-refractivity contribution < 1.29 is 9.53 Å². The van der Waals surface area contributed by atoms with Gasteiger partial charge in [-0.15, -0.1) is 10.2 Å². The highest BCUT2D eigenvalue weighted by Gasteiger charge is 2.22. The molecule has 2 heterocycles. The van der Waals surface area contributed by atoms with Gasteiger partial charge in [-0.25, -0.2) is 0 Å². The topological polar surface area (TPSA) is 58.6 Å². The van der Waals surface area contributed by atoms with Crippen LogP contribution in [0.2, 0.25) is 5.02 Å². The largest absolute Gasteiger partial charge is 0.482 e. The number of carbonyl (C=O) groups excluding carboxylic acids is 1. The predicted octanol–water partition coefficient (Wildman–Crippen LogP) is 4.14. The van der Waals surface area contributed by atoms with Crippen molar-refractivity contribution in [2.24, 2.45) is 0 Å². The average molecular weight is 437 g/mol. The quantitative estimate of drug-likeness (QED) is 0.601. The maximum absolute atomic E-state index is 12.5. The van der Waals surface area contributed by atoms with Crippen LogP contribution in [0.3, 0.4) is 0 Å². The number of piperazine rings is 1. The smallest absolute Gasteiger partial charge is 0.260 e. The Morgan fingerprint density at radius 2 is 1.77 bits per heavy atom. The highest BCUT2D eigenvalue weighted by Crippen LogP contribution is 2.24. The summed E-state index contributed by atoms with van der Waals surface area (Å²) in [4.78, 5) is 16.5. The second kappa shape index (κ2) is 9.35. The number of halogens is 1. The minimum Gasteiger partial charge on any atom is -0.482 e. The first-order valence-corrected chi connectivity index (χ1v) is 10.7. The van der Waals surface area contributed by atoms with Crippen molar-refractivity contribution in [2.45, 2.75) is 13.8 Å². The summed E-state index contributed by atoms with van der Waals surface area (Å²) in [5.74, 6) is 1.30. The van der Waals surface area contributed by atoms with E-state index in [4.69, 9.17) is 16.3 Å². The molecule has 0 unspecified atom stereocenters. The number of ether oxygens (including phenoxy) is 1. The molecule has 1 aliphatic heterocycles. The molecule has 4 rings (SSSR count). The Labute approximate surface area is 187 Å². The van der Waals surface area contributed by atoms with E-state index in [0.717, 1.165) is 17.1 Å². The van der Waals surface area contributed by atoms with Gasteiger partial charge in [0.25, 0.3) is 5.91 Å². The fraction of sp³-hybridized carbons (Fsp3) is 0.292. The molecule has 7 heteroatoms. The number of amides is 1. The molecule has 1 saturated heterocycles. The van der Waals surface area contributed by atoms with Crippen molar-refractivity contribution in [3.05, 3.63) is 70.7 Å². The highest BCUT2D eigenvalue weighted by molar-refractivity contribution is 6.32. The lowest BCUT2D eigenvalue weighted by atomic mass is 10.0. The maximum atomic E-state index is 12.5. The molecule has 31 heavy (non-hydrogen) atoms. The molecular formula is C24H25ClN4O2. The minimum absolute atomic E-state index is 0.0197. The first-order valence-electron chi connectivity index (χ1n) is 10.3. The highest BCUT2D eigenvalue weighted by atomic mass is 35.5. The number of para-hydroxylation sites is 1. The molecule has 0 atom stereocenters. The van der Waals surface area contributed by atoms with Crippen molar-refractivity contribution in [1.82, 2.24) is 15.1 Å². The number of hydrogen-bond donors (Lipinski definition) is 0. The molecule has 1 amide bonds. The molecule has 6 nitrogen and oxygen atoms in total. The van der Waals surface area contributed by atoms with Crippen molar-refractivity contribution >= 4 is 23.3 Å². The Hall–Kier alpha value is -3.12. The number of aryl methyl sites for hydroxylation is 2. The number of aromatic nitrogens is 2. The lowest BCUT2D eigenvalue weighted by Gasteiger charge is -2.35. The number of rotatable bonds is 5. The van der Waals surface area contributed by atoms with Crippen LogP contribution in [0.25, 0.3) is 11.3 Å². The van der Waals surface area contributed by atoms with Crippen molar-refractivity contribution in [2.75, 3.05) is 37.7 Å². The second-order valence-electron chi connectivity index (χ2n) is 7.68. The van der Waals surface area contributed by atoms with Gasteiger partial charge >= 0.3 is 0 Å². The Balaban J connectivity index is 1.32. The number of carbonyl (C=O) groups is 1. The summed E-state index contributed by atoms with van der Waals surface area (Å²) >= 11 is 6.08. The van der Waals surface area contributed by atoms with Crippen LogP contribution in [0.1, 0.15) is 11.1 Å². The van der Waals surface area contributed by atoms with Crippen LogP contribution in [0.15, 0.2) is 54.6 Å². The fourth-order valence-electron chi connectivity index (χ4n) is 3.72. The molecule has 3 aromatic rings. The lowest BCUT2D eigenvalue weighted by molar-refractivity contribution is -0.133. The van der Waals surface area contributed by atoms with E-state index >= 15 is 0 Å². The van der Waals surface area contributed by atoms with Crippen LogP contribution in [0, 0.1) is 13.8 Å². The van der Waals surface area contributed by atoms with Crippen molar-refractivity contribution in [3.63, 3.8) is 0 Å². The van der Waals surface area contributed by atoms with Crippen LogP contribution in [0.5, 0.6) is 5.75 Å². The van der Waals surface area contributed by atoms with Crippen molar-refractivity contribution in [1.29, 1.82) is 0 Å². The van der Waals surface area contributed by atoms with Gasteiger partial charge in [-0.05, 0) is 43.7 Å². The monoisotopic (exact) mass is 436 g/mol. The zero-order valence-electron chi connectivity index (χ0n) is 17.7. The normalized spacial score (nSPS) is 13.9. The van der Waals surface area contributed by atoms with Gasteiger partial charge in [0.05, 0.1) is 10.7 Å². The molecule has 1 aromatic heterocycles. The Morgan fingerprint density at radius 1 is 1.00 bits per heavy atom. The molecule has 2 aromatic carbocycles. The third-order valence-corrected chi connectivity index (χ3v) is 5.76. The van der Waals surface area contributed by atoms with E-state index in [-0.39, 0.29) is 12.5 Å². The van der Waals surface area contributed by atoms with Gasteiger partial charge in [-0.2, -0.15) is 0 Å². The van der Waals surface area contributed by atoms with Gasteiger partial charge in [-0.1, -0.05) is 47.5 Å². The Kier molecular flexibility index (Phi) is 6.37. The van der Waals surface area contributed by atoms with Crippen LogP contribution in [-0.4, -0.2) is 53.8 Å². The van der Waals surface area contributed by atoms with Gasteiger partial charge in [-0.3, -0.25) is 4.79 Å². The Morgan fingerprint density at radius 3 is 2.45 bits per heavy atom. The maximum Gasteiger partial charge on any atom is 0.260 e. The predicted molar refractivity (Wildman–Crippen MR) is 123 cm³/mol. The van der Waals surface area contributed by atoms with Gasteiger partial charge in [0, 0.05) is 31.7 Å². The number of hydrogen-bond acceptors (Lipinski definition) is 5. The molecule has 0 spiro atoms. The molecular weight excluding hydrogens is 412 g/mol. The van der Waals surface area contributed by atoms with Crippen molar-refractivity contribution in [3.8, 4) is 17.0 Å². The summed E-state index contributed by atoms with van der Waals surface area (Å²) in [5.41, 5.74) is 4.38.